The van der Waals surface area contributed by atoms with Crippen molar-refractivity contribution in [2.24, 2.45) is 0 Å². The van der Waals surface area contributed by atoms with Gasteiger partial charge in [-0.15, -0.1) is 0 Å². The molecule has 4 rings (SSSR count). The molecule has 1 fully saturated rings. The normalized spacial score (nSPS) is 18.6. The number of oxazole rings is 1. The summed E-state index contributed by atoms with van der Waals surface area (Å²) >= 11 is 0. The molecule has 1 saturated heterocycles. The number of carbonyl (C=O) groups excluding carboxylic acids is 1. The van der Waals surface area contributed by atoms with Crippen LogP contribution < -0.4 is 0 Å². The van der Waals surface area contributed by atoms with Crippen LogP contribution in [0.25, 0.3) is 0 Å². The summed E-state index contributed by atoms with van der Waals surface area (Å²) in [7, 11) is 0. The second-order valence-corrected chi connectivity index (χ2v) is 8.31. The highest BCUT2D eigenvalue weighted by Crippen LogP contribution is 2.28. The van der Waals surface area contributed by atoms with E-state index < -0.39 is 0 Å². The zero-order chi connectivity index (χ0) is 19.0. The highest BCUT2D eigenvalue weighted by Gasteiger charge is 2.30. The standard InChI is InChI=1S/C20H27N3O4/c1-20(2,3)19-21-16-12-23(5-4-17(16)27-19)18(24)14-10-15(26-13-14)11-22-6-8-25-9-7-22/h10,13H,4-9,11-12H2,1-3H3. The lowest BCUT2D eigenvalue weighted by Gasteiger charge is -2.25. The Labute approximate surface area is 159 Å². The molecule has 0 atom stereocenters. The number of aromatic nitrogens is 1. The molecule has 27 heavy (non-hydrogen) atoms. The van der Waals surface area contributed by atoms with E-state index in [2.05, 4.69) is 30.7 Å². The van der Waals surface area contributed by atoms with Crippen molar-refractivity contribution >= 4 is 5.91 Å². The van der Waals surface area contributed by atoms with Crippen LogP contribution in [0.2, 0.25) is 0 Å². The Bertz CT molecular complexity index is 812. The van der Waals surface area contributed by atoms with Gasteiger partial charge < -0.3 is 18.5 Å². The Kier molecular flexibility index (Phi) is 4.82. The van der Waals surface area contributed by atoms with Crippen LogP contribution in [0.15, 0.2) is 21.2 Å². The number of rotatable bonds is 3. The van der Waals surface area contributed by atoms with Gasteiger partial charge in [-0.1, -0.05) is 20.8 Å². The number of morpholine rings is 1. The molecule has 0 aromatic carbocycles. The Morgan fingerprint density at radius 2 is 2.00 bits per heavy atom. The number of nitrogens with zero attached hydrogens (tertiary/aromatic N) is 3. The van der Waals surface area contributed by atoms with Crippen molar-refractivity contribution in [1.82, 2.24) is 14.8 Å². The van der Waals surface area contributed by atoms with Gasteiger partial charge in [0.05, 0.1) is 31.9 Å². The lowest BCUT2D eigenvalue weighted by Crippen LogP contribution is -2.36. The van der Waals surface area contributed by atoms with Gasteiger partial charge >= 0.3 is 0 Å². The van der Waals surface area contributed by atoms with Crippen molar-refractivity contribution in [2.45, 2.75) is 45.7 Å². The number of furan rings is 1. The van der Waals surface area contributed by atoms with Crippen LogP contribution in [0, 0.1) is 0 Å². The minimum Gasteiger partial charge on any atom is -0.467 e. The lowest BCUT2D eigenvalue weighted by atomic mass is 9.97. The molecule has 1 amide bonds. The number of ether oxygens (including phenoxy) is 1. The van der Waals surface area contributed by atoms with Crippen molar-refractivity contribution in [1.29, 1.82) is 0 Å². The fraction of sp³-hybridized carbons (Fsp3) is 0.600. The smallest absolute Gasteiger partial charge is 0.257 e. The molecule has 2 aliphatic rings. The van der Waals surface area contributed by atoms with Gasteiger partial charge in [0.1, 0.15) is 23.5 Å². The van der Waals surface area contributed by atoms with Gasteiger partial charge in [-0.25, -0.2) is 4.98 Å². The molecular formula is C20H27N3O4. The Balaban J connectivity index is 1.42. The molecule has 7 heteroatoms. The summed E-state index contributed by atoms with van der Waals surface area (Å²) in [5.74, 6) is 2.44. The van der Waals surface area contributed by atoms with Crippen LogP contribution in [-0.2, 0) is 29.7 Å². The first kappa shape index (κ1) is 18.3. The first-order chi connectivity index (χ1) is 12.9. The maximum Gasteiger partial charge on any atom is 0.257 e. The summed E-state index contributed by atoms with van der Waals surface area (Å²) in [4.78, 5) is 21.6. The number of hydrogen-bond donors (Lipinski definition) is 0. The molecule has 146 valence electrons. The fourth-order valence-electron chi connectivity index (χ4n) is 3.43. The van der Waals surface area contributed by atoms with Gasteiger partial charge in [-0.3, -0.25) is 9.69 Å². The number of fused-ring (bicyclic) bond motifs is 1. The van der Waals surface area contributed by atoms with Crippen LogP contribution in [0.1, 0.15) is 54.2 Å². The first-order valence-electron chi connectivity index (χ1n) is 9.56. The van der Waals surface area contributed by atoms with Gasteiger partial charge in [-0.2, -0.15) is 0 Å². The molecule has 4 heterocycles. The minimum absolute atomic E-state index is 0.0158. The molecule has 2 aliphatic heterocycles. The summed E-state index contributed by atoms with van der Waals surface area (Å²) in [6.07, 6.45) is 2.26. The summed E-state index contributed by atoms with van der Waals surface area (Å²) in [5, 5.41) is 0. The quantitative estimate of drug-likeness (QED) is 0.824. The van der Waals surface area contributed by atoms with Crippen molar-refractivity contribution in [2.75, 3.05) is 32.8 Å². The van der Waals surface area contributed by atoms with E-state index in [1.165, 1.54) is 0 Å². The molecule has 7 nitrogen and oxygen atoms in total. The second kappa shape index (κ2) is 7.13. The number of amides is 1. The molecule has 0 spiro atoms. The van der Waals surface area contributed by atoms with Crippen molar-refractivity contribution in [3.63, 3.8) is 0 Å². The lowest BCUT2D eigenvalue weighted by molar-refractivity contribution is 0.0313. The van der Waals surface area contributed by atoms with Crippen LogP contribution in [0.5, 0.6) is 0 Å². The molecule has 0 saturated carbocycles. The average molecular weight is 373 g/mol. The van der Waals surface area contributed by atoms with E-state index in [4.69, 9.17) is 13.6 Å². The molecule has 0 aliphatic carbocycles. The topological polar surface area (TPSA) is 72.0 Å². The molecule has 0 radical (unpaired) electrons. The van der Waals surface area contributed by atoms with E-state index in [-0.39, 0.29) is 11.3 Å². The van der Waals surface area contributed by atoms with Crippen LogP contribution >= 0.6 is 0 Å². The molecule has 2 aromatic heterocycles. The van der Waals surface area contributed by atoms with Crippen LogP contribution in [0.3, 0.4) is 0 Å². The zero-order valence-electron chi connectivity index (χ0n) is 16.3. The van der Waals surface area contributed by atoms with Crippen molar-refractivity contribution < 1.29 is 18.4 Å². The summed E-state index contributed by atoms with van der Waals surface area (Å²) in [6, 6.07) is 1.86. The number of carbonyl (C=O) groups is 1. The van der Waals surface area contributed by atoms with E-state index in [0.717, 1.165) is 49.4 Å². The Hall–Kier alpha value is -2.12. The van der Waals surface area contributed by atoms with E-state index in [9.17, 15) is 4.79 Å². The van der Waals surface area contributed by atoms with E-state index in [0.29, 0.717) is 31.6 Å². The predicted molar refractivity (Wildman–Crippen MR) is 98.5 cm³/mol. The molecule has 0 bridgehead atoms. The van der Waals surface area contributed by atoms with Crippen molar-refractivity contribution in [3.8, 4) is 0 Å². The Morgan fingerprint density at radius 3 is 2.74 bits per heavy atom. The maximum absolute atomic E-state index is 12.9. The maximum atomic E-state index is 12.9. The average Bonchev–Trinajstić information content (AvgIpc) is 3.28. The first-order valence-corrected chi connectivity index (χ1v) is 9.56. The fourth-order valence-corrected chi connectivity index (χ4v) is 3.43. The molecule has 0 unspecified atom stereocenters. The summed E-state index contributed by atoms with van der Waals surface area (Å²) < 4.78 is 16.9. The highest BCUT2D eigenvalue weighted by atomic mass is 16.5. The SMILES string of the molecule is CC(C)(C)c1nc2c(o1)CCN(C(=O)c1coc(CN3CCOCC3)c1)C2. The van der Waals surface area contributed by atoms with E-state index in [1.54, 1.807) is 6.26 Å². The molecular weight excluding hydrogens is 346 g/mol. The van der Waals surface area contributed by atoms with Gasteiger partial charge in [0.2, 0.25) is 0 Å². The predicted octanol–water partition coefficient (Wildman–Crippen LogP) is 2.60. The largest absolute Gasteiger partial charge is 0.467 e. The van der Waals surface area contributed by atoms with Gasteiger partial charge in [0.15, 0.2) is 5.89 Å². The van der Waals surface area contributed by atoms with Crippen LogP contribution in [-0.4, -0.2) is 53.5 Å². The third-order valence-corrected chi connectivity index (χ3v) is 5.04. The summed E-state index contributed by atoms with van der Waals surface area (Å²) in [6.45, 7) is 11.3. The van der Waals surface area contributed by atoms with Crippen molar-refractivity contribution in [3.05, 3.63) is 41.0 Å². The molecule has 2 aromatic rings. The third-order valence-electron chi connectivity index (χ3n) is 5.04. The summed E-state index contributed by atoms with van der Waals surface area (Å²) in [5.41, 5.74) is 1.34. The zero-order valence-corrected chi connectivity index (χ0v) is 16.3. The van der Waals surface area contributed by atoms with E-state index >= 15 is 0 Å². The minimum atomic E-state index is -0.134. The number of hydrogen-bond acceptors (Lipinski definition) is 6. The third kappa shape index (κ3) is 3.94. The van der Waals surface area contributed by atoms with E-state index in [1.807, 2.05) is 11.0 Å². The van der Waals surface area contributed by atoms with Gasteiger partial charge in [-0.05, 0) is 6.07 Å². The molecule has 0 N–H and O–H groups in total. The van der Waals surface area contributed by atoms with Gasteiger partial charge in [0.25, 0.3) is 5.91 Å². The van der Waals surface area contributed by atoms with Gasteiger partial charge in [0, 0.05) is 31.5 Å². The van der Waals surface area contributed by atoms with Crippen LogP contribution in [0.4, 0.5) is 0 Å². The highest BCUT2D eigenvalue weighted by molar-refractivity contribution is 5.94. The Morgan fingerprint density at radius 1 is 1.22 bits per heavy atom. The monoisotopic (exact) mass is 373 g/mol. The second-order valence-electron chi connectivity index (χ2n) is 8.31.